The average Bonchev–Trinajstić information content (AvgIpc) is 2.77. The Morgan fingerprint density at radius 3 is 2.35 bits per heavy atom. The third-order valence-electron chi connectivity index (χ3n) is 4.57. The van der Waals surface area contributed by atoms with Crippen molar-refractivity contribution in [2.45, 2.75) is 18.4 Å². The lowest BCUT2D eigenvalue weighted by Gasteiger charge is -2.20. The maximum Gasteiger partial charge on any atom is 0.255 e. The van der Waals surface area contributed by atoms with Crippen LogP contribution in [-0.2, 0) is 16.6 Å². The van der Waals surface area contributed by atoms with E-state index in [1.54, 1.807) is 36.4 Å². The summed E-state index contributed by atoms with van der Waals surface area (Å²) < 4.78 is 45.7. The molecule has 0 saturated heterocycles. The quantitative estimate of drug-likeness (QED) is 0.565. The van der Waals surface area contributed by atoms with Crippen molar-refractivity contribution in [3.8, 4) is 5.75 Å². The van der Waals surface area contributed by atoms with Crippen LogP contribution >= 0.6 is 0 Å². The number of nitrogens with one attached hydrogen (secondary N) is 1. The van der Waals surface area contributed by atoms with E-state index in [2.05, 4.69) is 5.32 Å². The van der Waals surface area contributed by atoms with Crippen LogP contribution in [0, 0.1) is 5.82 Å². The molecular formula is C23H23FN2O4S. The van der Waals surface area contributed by atoms with Crippen LogP contribution < -0.4 is 10.1 Å². The molecule has 3 rings (SSSR count). The Balaban J connectivity index is 1.86. The van der Waals surface area contributed by atoms with Gasteiger partial charge in [0.25, 0.3) is 5.91 Å². The number of benzene rings is 3. The highest BCUT2D eigenvalue weighted by Gasteiger charge is 2.22. The zero-order chi connectivity index (χ0) is 22.4. The molecule has 0 bridgehead atoms. The molecule has 1 amide bonds. The van der Waals surface area contributed by atoms with Crippen molar-refractivity contribution < 1.29 is 22.3 Å². The zero-order valence-corrected chi connectivity index (χ0v) is 18.0. The standard InChI is InChI=1S/C23H23FN2O4S/c1-3-30-22-14-9-17(23(27)25-20-12-10-19(24)11-13-20)15-18(22)16-26(2)31(28,29)21-7-5-4-6-8-21/h4-15H,3,16H2,1-2H3,(H,25,27). The average molecular weight is 443 g/mol. The van der Waals surface area contributed by atoms with E-state index >= 15 is 0 Å². The Morgan fingerprint density at radius 1 is 1.03 bits per heavy atom. The lowest BCUT2D eigenvalue weighted by molar-refractivity contribution is 0.102. The normalized spacial score (nSPS) is 11.4. The number of nitrogens with zero attached hydrogens (tertiary/aromatic N) is 1. The van der Waals surface area contributed by atoms with Gasteiger partial charge in [0, 0.05) is 30.4 Å². The van der Waals surface area contributed by atoms with Gasteiger partial charge in [0.15, 0.2) is 0 Å². The van der Waals surface area contributed by atoms with E-state index in [9.17, 15) is 17.6 Å². The summed E-state index contributed by atoms with van der Waals surface area (Å²) in [4.78, 5) is 12.8. The number of anilines is 1. The van der Waals surface area contributed by atoms with Crippen LogP contribution in [0.2, 0.25) is 0 Å². The van der Waals surface area contributed by atoms with Gasteiger partial charge in [0.1, 0.15) is 11.6 Å². The van der Waals surface area contributed by atoms with E-state index in [-0.39, 0.29) is 11.4 Å². The SMILES string of the molecule is CCOc1ccc(C(=O)Nc2ccc(F)cc2)cc1CN(C)S(=O)(=O)c1ccccc1. The minimum Gasteiger partial charge on any atom is -0.494 e. The predicted molar refractivity (Wildman–Crippen MR) is 117 cm³/mol. The highest BCUT2D eigenvalue weighted by molar-refractivity contribution is 7.89. The minimum absolute atomic E-state index is 0.0181. The molecule has 0 atom stereocenters. The fraction of sp³-hybridized carbons (Fsp3) is 0.174. The summed E-state index contributed by atoms with van der Waals surface area (Å²) in [6, 6.07) is 18.4. The second-order valence-corrected chi connectivity index (χ2v) is 8.84. The second kappa shape index (κ2) is 9.72. The van der Waals surface area contributed by atoms with Crippen molar-refractivity contribution in [1.82, 2.24) is 4.31 Å². The maximum atomic E-state index is 13.1. The molecule has 3 aromatic carbocycles. The van der Waals surface area contributed by atoms with E-state index in [4.69, 9.17) is 4.74 Å². The van der Waals surface area contributed by atoms with Crippen LogP contribution in [0.5, 0.6) is 5.75 Å². The van der Waals surface area contributed by atoms with Gasteiger partial charge in [0.2, 0.25) is 10.0 Å². The molecule has 0 heterocycles. The number of hydrogen-bond acceptors (Lipinski definition) is 4. The van der Waals surface area contributed by atoms with E-state index < -0.39 is 21.7 Å². The van der Waals surface area contributed by atoms with Crippen molar-refractivity contribution in [3.63, 3.8) is 0 Å². The second-order valence-electron chi connectivity index (χ2n) is 6.79. The molecule has 0 fully saturated rings. The van der Waals surface area contributed by atoms with Gasteiger partial charge in [-0.15, -0.1) is 0 Å². The van der Waals surface area contributed by atoms with Crippen molar-refractivity contribution >= 4 is 21.6 Å². The lowest BCUT2D eigenvalue weighted by Crippen LogP contribution is -2.27. The Bertz CT molecular complexity index is 1150. The molecule has 0 aliphatic carbocycles. The molecule has 31 heavy (non-hydrogen) atoms. The van der Waals surface area contributed by atoms with Gasteiger partial charge in [-0.2, -0.15) is 4.31 Å². The molecule has 1 N–H and O–H groups in total. The smallest absolute Gasteiger partial charge is 0.255 e. The zero-order valence-electron chi connectivity index (χ0n) is 17.2. The molecule has 0 aromatic heterocycles. The fourth-order valence-electron chi connectivity index (χ4n) is 2.97. The Kier molecular flexibility index (Phi) is 7.04. The van der Waals surface area contributed by atoms with E-state index in [1.807, 2.05) is 6.92 Å². The van der Waals surface area contributed by atoms with Crippen LogP contribution in [0.3, 0.4) is 0 Å². The summed E-state index contributed by atoms with van der Waals surface area (Å²) in [7, 11) is -2.24. The number of carbonyl (C=O) groups is 1. The largest absolute Gasteiger partial charge is 0.494 e. The molecule has 0 saturated carbocycles. The van der Waals surface area contributed by atoms with Gasteiger partial charge in [-0.1, -0.05) is 18.2 Å². The topological polar surface area (TPSA) is 75.7 Å². The van der Waals surface area contributed by atoms with E-state index in [0.717, 1.165) is 0 Å². The van der Waals surface area contributed by atoms with Crippen LogP contribution in [0.15, 0.2) is 77.7 Å². The number of carbonyl (C=O) groups excluding carboxylic acids is 1. The monoisotopic (exact) mass is 442 g/mol. The molecule has 0 aliphatic heterocycles. The summed E-state index contributed by atoms with van der Waals surface area (Å²) in [5.41, 5.74) is 1.33. The van der Waals surface area contributed by atoms with Gasteiger partial charge in [-0.25, -0.2) is 12.8 Å². The van der Waals surface area contributed by atoms with E-state index in [1.165, 1.54) is 47.8 Å². The summed E-state index contributed by atoms with van der Waals surface area (Å²) >= 11 is 0. The number of halogens is 1. The van der Waals surface area contributed by atoms with Gasteiger partial charge < -0.3 is 10.1 Å². The third kappa shape index (κ3) is 5.48. The van der Waals surface area contributed by atoms with Gasteiger partial charge in [-0.3, -0.25) is 4.79 Å². The van der Waals surface area contributed by atoms with Crippen molar-refractivity contribution in [2.75, 3.05) is 19.0 Å². The van der Waals surface area contributed by atoms with Gasteiger partial charge >= 0.3 is 0 Å². The van der Waals surface area contributed by atoms with E-state index in [0.29, 0.717) is 29.2 Å². The first kappa shape index (κ1) is 22.5. The molecule has 0 unspecified atom stereocenters. The molecule has 0 radical (unpaired) electrons. The Labute approximate surface area is 181 Å². The summed E-state index contributed by atoms with van der Waals surface area (Å²) in [5, 5.41) is 2.70. The van der Waals surface area contributed by atoms with Crippen LogP contribution in [-0.4, -0.2) is 32.3 Å². The first-order chi connectivity index (χ1) is 14.8. The highest BCUT2D eigenvalue weighted by atomic mass is 32.2. The Hall–Kier alpha value is -3.23. The maximum absolute atomic E-state index is 13.1. The van der Waals surface area contributed by atoms with Crippen LogP contribution in [0.25, 0.3) is 0 Å². The fourth-order valence-corrected chi connectivity index (χ4v) is 4.14. The third-order valence-corrected chi connectivity index (χ3v) is 6.39. The molecule has 0 aliphatic rings. The first-order valence-corrected chi connectivity index (χ1v) is 11.1. The lowest BCUT2D eigenvalue weighted by atomic mass is 10.1. The molecular weight excluding hydrogens is 419 g/mol. The van der Waals surface area contributed by atoms with Gasteiger partial charge in [0.05, 0.1) is 11.5 Å². The van der Waals surface area contributed by atoms with Crippen LogP contribution in [0.1, 0.15) is 22.8 Å². The number of sulfonamides is 1. The predicted octanol–water partition coefficient (Wildman–Crippen LogP) is 4.30. The number of hydrogen-bond donors (Lipinski definition) is 1. The molecule has 3 aromatic rings. The number of ether oxygens (including phenoxy) is 1. The highest BCUT2D eigenvalue weighted by Crippen LogP contribution is 2.25. The minimum atomic E-state index is -3.71. The van der Waals surface area contributed by atoms with Crippen LogP contribution in [0.4, 0.5) is 10.1 Å². The summed E-state index contributed by atoms with van der Waals surface area (Å²) in [6.07, 6.45) is 0. The summed E-state index contributed by atoms with van der Waals surface area (Å²) in [6.45, 7) is 2.23. The molecule has 0 spiro atoms. The molecule has 6 nitrogen and oxygen atoms in total. The molecule has 162 valence electrons. The first-order valence-electron chi connectivity index (χ1n) is 9.65. The van der Waals surface area contributed by atoms with Crippen molar-refractivity contribution in [1.29, 1.82) is 0 Å². The van der Waals surface area contributed by atoms with Crippen molar-refractivity contribution in [2.24, 2.45) is 0 Å². The Morgan fingerprint density at radius 2 is 1.71 bits per heavy atom. The van der Waals surface area contributed by atoms with Gasteiger partial charge in [-0.05, 0) is 61.5 Å². The summed E-state index contributed by atoms with van der Waals surface area (Å²) in [5.74, 6) is -0.301. The number of amides is 1. The van der Waals surface area contributed by atoms with Crippen molar-refractivity contribution in [3.05, 3.63) is 89.7 Å². The molecule has 8 heteroatoms. The number of rotatable bonds is 8.